The summed E-state index contributed by atoms with van der Waals surface area (Å²) < 4.78 is 6.52. The topological polar surface area (TPSA) is 79.5 Å². The Morgan fingerprint density at radius 1 is 1.14 bits per heavy atom. The second-order valence-corrected chi connectivity index (χ2v) is 8.37. The Morgan fingerprint density at radius 2 is 1.86 bits per heavy atom. The predicted octanol–water partition coefficient (Wildman–Crippen LogP) is 3.64. The molecule has 0 aromatic heterocycles. The summed E-state index contributed by atoms with van der Waals surface area (Å²) in [6.07, 6.45) is 2.13. The molecule has 1 heterocycles. The monoisotopic (exact) mass is 523 g/mol. The highest BCUT2D eigenvalue weighted by atomic mass is 127. The van der Waals surface area contributed by atoms with E-state index >= 15 is 0 Å². The molecule has 0 bridgehead atoms. The minimum absolute atomic E-state index is 0.109. The molecule has 2 aromatic carbocycles. The Hall–Kier alpha value is -2.04. The summed E-state index contributed by atoms with van der Waals surface area (Å²) in [4.78, 5) is 24.5. The van der Waals surface area contributed by atoms with Gasteiger partial charge in [0.25, 0.3) is 11.8 Å². The van der Waals surface area contributed by atoms with E-state index in [1.807, 2.05) is 19.1 Å². The molecule has 3 N–H and O–H groups in total. The molecule has 1 aliphatic heterocycles. The van der Waals surface area contributed by atoms with Gasteiger partial charge in [0, 0.05) is 33.5 Å². The molecule has 2 aromatic rings. The lowest BCUT2D eigenvalue weighted by Gasteiger charge is -2.12. The number of thiocarbonyl (C=S) groups is 1. The largest absolute Gasteiger partial charge is 0.376 e. The highest BCUT2D eigenvalue weighted by Gasteiger charge is 2.16. The van der Waals surface area contributed by atoms with Crippen LogP contribution < -0.4 is 16.0 Å². The normalized spacial score (nSPS) is 15.6. The highest BCUT2D eigenvalue weighted by Crippen LogP contribution is 2.14. The van der Waals surface area contributed by atoms with Gasteiger partial charge in [0.1, 0.15) is 0 Å². The van der Waals surface area contributed by atoms with Crippen molar-refractivity contribution < 1.29 is 14.3 Å². The fourth-order valence-electron chi connectivity index (χ4n) is 2.89. The van der Waals surface area contributed by atoms with E-state index in [1.54, 1.807) is 30.3 Å². The van der Waals surface area contributed by atoms with Gasteiger partial charge in [-0.3, -0.25) is 14.9 Å². The van der Waals surface area contributed by atoms with Gasteiger partial charge in [-0.15, -0.1) is 0 Å². The van der Waals surface area contributed by atoms with Crippen molar-refractivity contribution in [3.63, 3.8) is 0 Å². The van der Waals surface area contributed by atoms with Crippen LogP contribution in [0.4, 0.5) is 5.69 Å². The molecule has 1 aliphatic rings. The van der Waals surface area contributed by atoms with Gasteiger partial charge >= 0.3 is 0 Å². The minimum atomic E-state index is -0.273. The molecule has 0 radical (unpaired) electrons. The second-order valence-electron chi connectivity index (χ2n) is 6.79. The summed E-state index contributed by atoms with van der Waals surface area (Å²) >= 11 is 7.41. The SMILES string of the molecule is Cc1ccc(C(=O)NC(=S)Nc2ccc(C(=O)NCC3CCCO3)cc2)cc1I. The number of carbonyl (C=O) groups is 2. The van der Waals surface area contributed by atoms with Crippen LogP contribution in [0.1, 0.15) is 39.1 Å². The van der Waals surface area contributed by atoms with Crippen molar-refractivity contribution in [2.45, 2.75) is 25.9 Å². The zero-order valence-electron chi connectivity index (χ0n) is 16.0. The Morgan fingerprint density at radius 3 is 2.52 bits per heavy atom. The zero-order valence-corrected chi connectivity index (χ0v) is 18.9. The van der Waals surface area contributed by atoms with Crippen LogP contribution in [0.3, 0.4) is 0 Å². The molecule has 1 unspecified atom stereocenters. The molecule has 0 aliphatic carbocycles. The number of hydrogen-bond acceptors (Lipinski definition) is 4. The fourth-order valence-corrected chi connectivity index (χ4v) is 3.62. The summed E-state index contributed by atoms with van der Waals surface area (Å²) in [5, 5.41) is 8.70. The number of nitrogens with one attached hydrogen (secondary N) is 3. The van der Waals surface area contributed by atoms with Crippen molar-refractivity contribution in [3.8, 4) is 0 Å². The molecule has 0 saturated carbocycles. The van der Waals surface area contributed by atoms with Gasteiger partial charge in [-0.25, -0.2) is 0 Å². The predicted molar refractivity (Wildman–Crippen MR) is 125 cm³/mol. The number of rotatable bonds is 5. The lowest BCUT2D eigenvalue weighted by molar-refractivity contribution is 0.0857. The second kappa shape index (κ2) is 10.1. The number of ether oxygens (including phenoxy) is 1. The van der Waals surface area contributed by atoms with Crippen LogP contribution >= 0.6 is 34.8 Å². The fraction of sp³-hybridized carbons (Fsp3) is 0.286. The smallest absolute Gasteiger partial charge is 0.257 e. The number of benzene rings is 2. The molecule has 29 heavy (non-hydrogen) atoms. The van der Waals surface area contributed by atoms with Gasteiger partial charge in [-0.2, -0.15) is 0 Å². The first-order valence-electron chi connectivity index (χ1n) is 9.31. The maximum absolute atomic E-state index is 12.3. The third-order valence-corrected chi connectivity index (χ3v) is 5.95. The number of anilines is 1. The van der Waals surface area contributed by atoms with Crippen LogP contribution in [0.15, 0.2) is 42.5 Å². The van der Waals surface area contributed by atoms with Crippen LogP contribution in [0.25, 0.3) is 0 Å². The van der Waals surface area contributed by atoms with E-state index in [9.17, 15) is 9.59 Å². The standard InChI is InChI=1S/C21H22IN3O3S/c1-13-4-5-15(11-18(13)22)20(27)25-21(29)24-16-8-6-14(7-9-16)19(26)23-12-17-3-2-10-28-17/h4-9,11,17H,2-3,10,12H2,1H3,(H,23,26)(H2,24,25,27,29). The molecule has 152 valence electrons. The van der Waals surface area contributed by atoms with Gasteiger partial charge in [-0.1, -0.05) is 6.07 Å². The van der Waals surface area contributed by atoms with Gasteiger partial charge in [0.15, 0.2) is 5.11 Å². The third kappa shape index (κ3) is 6.22. The maximum atomic E-state index is 12.3. The van der Waals surface area contributed by atoms with Crippen molar-refractivity contribution in [2.75, 3.05) is 18.5 Å². The quantitative estimate of drug-likeness (QED) is 0.412. The van der Waals surface area contributed by atoms with Crippen LogP contribution in [-0.2, 0) is 4.74 Å². The van der Waals surface area contributed by atoms with E-state index in [1.165, 1.54) is 0 Å². The molecule has 0 spiro atoms. The highest BCUT2D eigenvalue weighted by molar-refractivity contribution is 14.1. The van der Waals surface area contributed by atoms with Crippen molar-refractivity contribution in [1.29, 1.82) is 0 Å². The summed E-state index contributed by atoms with van der Waals surface area (Å²) in [7, 11) is 0. The summed E-state index contributed by atoms with van der Waals surface area (Å²) in [6.45, 7) is 3.27. The molecule has 1 fully saturated rings. The summed E-state index contributed by atoms with van der Waals surface area (Å²) in [5.74, 6) is -0.414. The lowest BCUT2D eigenvalue weighted by atomic mass is 10.1. The van der Waals surface area contributed by atoms with Gasteiger partial charge in [-0.05, 0) is 96.5 Å². The Kier molecular flexibility index (Phi) is 7.57. The van der Waals surface area contributed by atoms with E-state index in [2.05, 4.69) is 38.5 Å². The van der Waals surface area contributed by atoms with Crippen molar-refractivity contribution in [1.82, 2.24) is 10.6 Å². The molecule has 8 heteroatoms. The van der Waals surface area contributed by atoms with Crippen LogP contribution in [-0.4, -0.2) is 36.2 Å². The average Bonchev–Trinajstić information content (AvgIpc) is 3.22. The number of carbonyl (C=O) groups excluding carboxylic acids is 2. The Balaban J connectivity index is 1.50. The van der Waals surface area contributed by atoms with E-state index in [0.717, 1.165) is 28.6 Å². The zero-order chi connectivity index (χ0) is 20.8. The molecular weight excluding hydrogens is 501 g/mol. The average molecular weight is 523 g/mol. The number of hydrogen-bond donors (Lipinski definition) is 3. The minimum Gasteiger partial charge on any atom is -0.376 e. The first kappa shape index (κ1) is 21.7. The van der Waals surface area contributed by atoms with E-state index in [-0.39, 0.29) is 23.0 Å². The Labute approximate surface area is 188 Å². The van der Waals surface area contributed by atoms with Crippen LogP contribution in [0.5, 0.6) is 0 Å². The van der Waals surface area contributed by atoms with E-state index in [4.69, 9.17) is 17.0 Å². The first-order valence-corrected chi connectivity index (χ1v) is 10.8. The van der Waals surface area contributed by atoms with Crippen LogP contribution in [0, 0.1) is 10.5 Å². The molecule has 1 atom stereocenters. The molecule has 6 nitrogen and oxygen atoms in total. The maximum Gasteiger partial charge on any atom is 0.257 e. The molecule has 3 rings (SSSR count). The van der Waals surface area contributed by atoms with Crippen molar-refractivity contribution >= 4 is 57.4 Å². The van der Waals surface area contributed by atoms with Crippen molar-refractivity contribution in [3.05, 3.63) is 62.7 Å². The third-order valence-electron chi connectivity index (χ3n) is 4.58. The Bertz CT molecular complexity index is 912. The summed E-state index contributed by atoms with van der Waals surface area (Å²) in [6, 6.07) is 12.4. The van der Waals surface area contributed by atoms with Gasteiger partial charge < -0.3 is 15.4 Å². The number of halogens is 1. The van der Waals surface area contributed by atoms with E-state index in [0.29, 0.717) is 23.4 Å². The van der Waals surface area contributed by atoms with E-state index < -0.39 is 0 Å². The van der Waals surface area contributed by atoms with Crippen LogP contribution in [0.2, 0.25) is 0 Å². The molecule has 2 amide bonds. The van der Waals surface area contributed by atoms with Crippen molar-refractivity contribution in [2.24, 2.45) is 0 Å². The lowest BCUT2D eigenvalue weighted by Crippen LogP contribution is -2.34. The van der Waals surface area contributed by atoms with Gasteiger partial charge in [0.05, 0.1) is 6.10 Å². The molecular formula is C21H22IN3O3S. The molecule has 1 saturated heterocycles. The van der Waals surface area contributed by atoms with Gasteiger partial charge in [0.2, 0.25) is 0 Å². The first-order chi connectivity index (χ1) is 13.9. The number of amides is 2. The summed E-state index contributed by atoms with van der Waals surface area (Å²) in [5.41, 5.74) is 2.90. The number of aryl methyl sites for hydroxylation is 1.